The number of nitrogens with zero attached hydrogens (tertiary/aromatic N) is 3. The van der Waals surface area contributed by atoms with Gasteiger partial charge in [-0.25, -0.2) is 19.6 Å². The highest BCUT2D eigenvalue weighted by molar-refractivity contribution is 6.01. The number of hydrogen-bond acceptors (Lipinski definition) is 11. The molecule has 0 spiro atoms. The maximum Gasteiger partial charge on any atom is 0.356 e. The molecule has 0 aliphatic rings. The molecule has 0 atom stereocenters. The third kappa shape index (κ3) is 14.2. The average Bonchev–Trinajstić information content (AvgIpc) is 3.10. The molecule has 244 valence electrons. The van der Waals surface area contributed by atoms with Crippen LogP contribution in [0.25, 0.3) is 0 Å². The SMILES string of the molecule is COC(=O)/C(=C\N(C)C)NC(=O)c1ccccc1.COC(=O)/C(=C\Nc1ccccn1)NC(=O)c1ccccc1.Nc1ccccn1. The highest BCUT2D eigenvalue weighted by Gasteiger charge is 2.15. The van der Waals surface area contributed by atoms with Gasteiger partial charge < -0.3 is 36.1 Å². The van der Waals surface area contributed by atoms with E-state index in [4.69, 9.17) is 5.73 Å². The first-order valence-electron chi connectivity index (χ1n) is 14.0. The quantitative estimate of drug-likeness (QED) is 0.155. The summed E-state index contributed by atoms with van der Waals surface area (Å²) in [5.41, 5.74) is 6.25. The fourth-order valence-corrected chi connectivity index (χ4v) is 3.30. The molecule has 0 radical (unpaired) electrons. The molecule has 2 aromatic carbocycles. The molecule has 0 bridgehead atoms. The summed E-state index contributed by atoms with van der Waals surface area (Å²) < 4.78 is 9.26. The van der Waals surface area contributed by atoms with Crippen molar-refractivity contribution in [3.05, 3.63) is 144 Å². The predicted molar refractivity (Wildman–Crippen MR) is 178 cm³/mol. The first-order chi connectivity index (χ1) is 22.6. The first kappa shape index (κ1) is 36.7. The van der Waals surface area contributed by atoms with Crippen molar-refractivity contribution < 1.29 is 28.7 Å². The van der Waals surface area contributed by atoms with Gasteiger partial charge in [-0.2, -0.15) is 0 Å². The van der Waals surface area contributed by atoms with Gasteiger partial charge in [0.25, 0.3) is 11.8 Å². The minimum Gasteiger partial charge on any atom is -0.464 e. The van der Waals surface area contributed by atoms with Crippen LogP contribution in [-0.2, 0) is 19.1 Å². The van der Waals surface area contributed by atoms with E-state index >= 15 is 0 Å². The summed E-state index contributed by atoms with van der Waals surface area (Å²) in [6.07, 6.45) is 6.10. The molecule has 0 saturated heterocycles. The summed E-state index contributed by atoms with van der Waals surface area (Å²) in [5.74, 6) is -0.893. The van der Waals surface area contributed by atoms with Crippen LogP contribution in [0, 0.1) is 0 Å². The molecular formula is C34H37N7O6. The number of nitrogens with two attached hydrogens (primary N) is 1. The van der Waals surface area contributed by atoms with E-state index < -0.39 is 17.8 Å². The number of carbonyl (C=O) groups excluding carboxylic acids is 4. The van der Waals surface area contributed by atoms with Gasteiger partial charge in [0.15, 0.2) is 0 Å². The van der Waals surface area contributed by atoms with Crippen LogP contribution in [-0.4, -0.2) is 66.9 Å². The minimum absolute atomic E-state index is 0.0120. The van der Waals surface area contributed by atoms with E-state index in [0.29, 0.717) is 22.8 Å². The van der Waals surface area contributed by atoms with Gasteiger partial charge in [-0.05, 0) is 48.5 Å². The Morgan fingerprint density at radius 1 is 0.660 bits per heavy atom. The molecule has 5 N–H and O–H groups in total. The van der Waals surface area contributed by atoms with Crippen LogP contribution in [0.3, 0.4) is 0 Å². The molecule has 4 rings (SSSR count). The van der Waals surface area contributed by atoms with Crippen molar-refractivity contribution in [2.75, 3.05) is 39.4 Å². The van der Waals surface area contributed by atoms with E-state index in [9.17, 15) is 19.2 Å². The van der Waals surface area contributed by atoms with E-state index in [1.165, 1.54) is 26.6 Å². The summed E-state index contributed by atoms with van der Waals surface area (Å²) in [7, 11) is 6.00. The molecule has 0 aliphatic heterocycles. The average molecular weight is 640 g/mol. The molecule has 0 unspecified atom stereocenters. The Morgan fingerprint density at radius 2 is 1.13 bits per heavy atom. The fourth-order valence-electron chi connectivity index (χ4n) is 3.30. The molecule has 47 heavy (non-hydrogen) atoms. The highest BCUT2D eigenvalue weighted by atomic mass is 16.5. The molecule has 2 aromatic heterocycles. The second-order valence-corrected chi connectivity index (χ2v) is 9.30. The number of nitrogen functional groups attached to an aromatic ring is 1. The number of anilines is 2. The Bertz CT molecular complexity index is 1620. The van der Waals surface area contributed by atoms with Crippen LogP contribution in [0.2, 0.25) is 0 Å². The Kier molecular flexibility index (Phi) is 16.0. The topological polar surface area (TPSA) is 178 Å². The Balaban J connectivity index is 0.000000275. The number of rotatable bonds is 9. The zero-order valence-corrected chi connectivity index (χ0v) is 26.4. The number of esters is 2. The van der Waals surface area contributed by atoms with Gasteiger partial charge >= 0.3 is 11.9 Å². The Labute approximate surface area is 273 Å². The number of aromatic nitrogens is 2. The van der Waals surface area contributed by atoms with Gasteiger partial charge in [0.05, 0.1) is 14.2 Å². The molecular weight excluding hydrogens is 602 g/mol. The number of nitrogens with one attached hydrogen (secondary N) is 3. The number of carbonyl (C=O) groups is 4. The molecule has 13 nitrogen and oxygen atoms in total. The van der Waals surface area contributed by atoms with Crippen molar-refractivity contribution in [1.29, 1.82) is 0 Å². The van der Waals surface area contributed by atoms with Crippen molar-refractivity contribution >= 4 is 35.4 Å². The van der Waals surface area contributed by atoms with Crippen LogP contribution in [0.1, 0.15) is 20.7 Å². The highest BCUT2D eigenvalue weighted by Crippen LogP contribution is 2.05. The second-order valence-electron chi connectivity index (χ2n) is 9.30. The van der Waals surface area contributed by atoms with E-state index in [-0.39, 0.29) is 17.3 Å². The van der Waals surface area contributed by atoms with Crippen LogP contribution in [0.5, 0.6) is 0 Å². The molecule has 4 aromatic rings. The summed E-state index contributed by atoms with van der Waals surface area (Å²) in [6.45, 7) is 0. The van der Waals surface area contributed by atoms with E-state index in [1.807, 2.05) is 18.2 Å². The van der Waals surface area contributed by atoms with Gasteiger partial charge in [-0.1, -0.05) is 48.5 Å². The van der Waals surface area contributed by atoms with E-state index in [2.05, 4.69) is 35.4 Å². The summed E-state index contributed by atoms with van der Waals surface area (Å²) >= 11 is 0. The maximum absolute atomic E-state index is 12.1. The smallest absolute Gasteiger partial charge is 0.356 e. The lowest BCUT2D eigenvalue weighted by Crippen LogP contribution is -2.29. The van der Waals surface area contributed by atoms with Crippen LogP contribution in [0.4, 0.5) is 11.6 Å². The third-order valence-corrected chi connectivity index (χ3v) is 5.48. The van der Waals surface area contributed by atoms with Crippen molar-refractivity contribution in [2.24, 2.45) is 0 Å². The Morgan fingerprint density at radius 3 is 1.53 bits per heavy atom. The molecule has 2 heterocycles. The standard InChI is InChI=1S/C16H15N3O3.C13H16N2O3.C5H6N2/c1-22-16(21)13(11-18-14-9-5-6-10-17-14)19-15(20)12-7-3-2-4-8-12;1-15(2)9-11(13(17)18-3)14-12(16)10-7-5-4-6-8-10;6-5-3-1-2-4-7-5/h2-11H,1H3,(H,17,18)(H,19,20);4-9H,1-3H3,(H,14,16);1-4H,(H2,6,7)/b13-11+;11-9+;. The van der Waals surface area contributed by atoms with Crippen molar-refractivity contribution in [1.82, 2.24) is 25.5 Å². The number of pyridine rings is 2. The Hall–Kier alpha value is -6.50. The summed E-state index contributed by atoms with van der Waals surface area (Å²) in [5, 5.41) is 7.86. The lowest BCUT2D eigenvalue weighted by atomic mass is 10.2. The lowest BCUT2D eigenvalue weighted by molar-refractivity contribution is -0.137. The number of amides is 2. The van der Waals surface area contributed by atoms with Crippen LogP contribution < -0.4 is 21.7 Å². The monoisotopic (exact) mass is 639 g/mol. The van der Waals surface area contributed by atoms with Crippen LogP contribution in [0.15, 0.2) is 133 Å². The number of benzene rings is 2. The molecule has 0 aliphatic carbocycles. The van der Waals surface area contributed by atoms with Gasteiger partial charge in [-0.3, -0.25) is 9.59 Å². The first-order valence-corrected chi connectivity index (χ1v) is 14.0. The molecule has 0 fully saturated rings. The lowest BCUT2D eigenvalue weighted by Gasteiger charge is -2.11. The van der Waals surface area contributed by atoms with Gasteiger partial charge in [0.2, 0.25) is 0 Å². The van der Waals surface area contributed by atoms with Crippen LogP contribution >= 0.6 is 0 Å². The number of ether oxygens (including phenoxy) is 2. The van der Waals surface area contributed by atoms with E-state index in [0.717, 1.165) is 0 Å². The minimum atomic E-state index is -0.660. The summed E-state index contributed by atoms with van der Waals surface area (Å²) in [6, 6.07) is 28.0. The predicted octanol–water partition coefficient (Wildman–Crippen LogP) is 3.59. The van der Waals surface area contributed by atoms with E-state index in [1.54, 1.807) is 110 Å². The van der Waals surface area contributed by atoms with Gasteiger partial charge in [-0.15, -0.1) is 0 Å². The normalized spacial score (nSPS) is 10.4. The van der Waals surface area contributed by atoms with Crippen molar-refractivity contribution in [2.45, 2.75) is 0 Å². The van der Waals surface area contributed by atoms with Gasteiger partial charge in [0, 0.05) is 50.0 Å². The molecule has 13 heteroatoms. The second kappa shape index (κ2) is 20.5. The van der Waals surface area contributed by atoms with Crippen molar-refractivity contribution in [3.8, 4) is 0 Å². The zero-order valence-electron chi connectivity index (χ0n) is 26.4. The summed E-state index contributed by atoms with van der Waals surface area (Å²) in [4.78, 5) is 56.6. The zero-order chi connectivity index (χ0) is 34.4. The molecule has 0 saturated carbocycles. The van der Waals surface area contributed by atoms with Gasteiger partial charge in [0.1, 0.15) is 23.0 Å². The fraction of sp³-hybridized carbons (Fsp3) is 0.118. The maximum atomic E-state index is 12.1. The third-order valence-electron chi connectivity index (χ3n) is 5.48. The molecule has 2 amide bonds. The van der Waals surface area contributed by atoms with Crippen molar-refractivity contribution in [3.63, 3.8) is 0 Å². The largest absolute Gasteiger partial charge is 0.464 e. The number of methoxy groups -OCH3 is 2. The number of hydrogen-bond donors (Lipinski definition) is 4.